The second-order valence-electron chi connectivity index (χ2n) is 5.13. The van der Waals surface area contributed by atoms with Crippen molar-refractivity contribution in [2.24, 2.45) is 0 Å². The third-order valence-electron chi connectivity index (χ3n) is 4.02. The van der Waals surface area contributed by atoms with Gasteiger partial charge < -0.3 is 10.4 Å². The van der Waals surface area contributed by atoms with Crippen LogP contribution in [0.1, 0.15) is 30.1 Å². The lowest BCUT2D eigenvalue weighted by molar-refractivity contribution is 0.0548. The lowest BCUT2D eigenvalue weighted by Crippen LogP contribution is -2.46. The molecule has 2 heterocycles. The zero-order chi connectivity index (χ0) is 11.7. The zero-order valence-corrected chi connectivity index (χ0v) is 11.3. The van der Waals surface area contributed by atoms with Crippen molar-refractivity contribution in [1.29, 1.82) is 0 Å². The molecular formula is C14H21ClN2O. The molecule has 100 valence electrons. The molecule has 1 aromatic rings. The normalized spacial score (nSPS) is 25.3. The Hall–Kier alpha value is -0.610. The molecule has 0 amide bonds. The Morgan fingerprint density at radius 3 is 2.67 bits per heavy atom. The van der Waals surface area contributed by atoms with Gasteiger partial charge in [-0.2, -0.15) is 0 Å². The summed E-state index contributed by atoms with van der Waals surface area (Å²) in [5, 5.41) is 13.6. The molecular weight excluding hydrogens is 248 g/mol. The largest absolute Gasteiger partial charge is 0.387 e. The molecule has 1 aromatic carbocycles. The minimum absolute atomic E-state index is 0. The van der Waals surface area contributed by atoms with Gasteiger partial charge in [-0.25, -0.2) is 0 Å². The minimum atomic E-state index is -0.310. The maximum atomic E-state index is 10.2. The number of nitrogens with one attached hydrogen (secondary N) is 1. The number of halogens is 1. The van der Waals surface area contributed by atoms with Crippen molar-refractivity contribution in [2.75, 3.05) is 19.6 Å². The van der Waals surface area contributed by atoms with Crippen LogP contribution in [0.5, 0.6) is 0 Å². The molecule has 1 fully saturated rings. The van der Waals surface area contributed by atoms with E-state index in [4.69, 9.17) is 0 Å². The Labute approximate surface area is 115 Å². The van der Waals surface area contributed by atoms with Crippen LogP contribution in [0.2, 0.25) is 0 Å². The van der Waals surface area contributed by atoms with Crippen molar-refractivity contribution in [3.63, 3.8) is 0 Å². The monoisotopic (exact) mass is 268 g/mol. The predicted octanol–water partition coefficient (Wildman–Crippen LogP) is 1.71. The molecule has 0 aliphatic carbocycles. The highest BCUT2D eigenvalue weighted by molar-refractivity contribution is 5.85. The quantitative estimate of drug-likeness (QED) is 0.814. The number of hydrogen-bond acceptors (Lipinski definition) is 3. The molecule has 2 N–H and O–H groups in total. The summed E-state index contributed by atoms with van der Waals surface area (Å²) in [5.74, 6) is 0. The van der Waals surface area contributed by atoms with Crippen molar-refractivity contribution < 1.29 is 5.11 Å². The average Bonchev–Trinajstić information content (AvgIpc) is 2.40. The summed E-state index contributed by atoms with van der Waals surface area (Å²) in [5.41, 5.74) is 2.42. The van der Waals surface area contributed by atoms with Crippen molar-refractivity contribution >= 4 is 12.4 Å². The van der Waals surface area contributed by atoms with Crippen LogP contribution < -0.4 is 5.32 Å². The topological polar surface area (TPSA) is 35.5 Å². The fourth-order valence-corrected chi connectivity index (χ4v) is 3.06. The molecule has 4 heteroatoms. The molecule has 1 unspecified atom stereocenters. The first-order valence-electron chi connectivity index (χ1n) is 6.55. The van der Waals surface area contributed by atoms with E-state index in [1.807, 2.05) is 6.07 Å². The van der Waals surface area contributed by atoms with Crippen LogP contribution in [0.25, 0.3) is 0 Å². The van der Waals surface area contributed by atoms with E-state index in [1.165, 1.54) is 18.4 Å². The van der Waals surface area contributed by atoms with Gasteiger partial charge in [0.05, 0.1) is 6.10 Å². The van der Waals surface area contributed by atoms with Gasteiger partial charge in [-0.15, -0.1) is 12.4 Å². The van der Waals surface area contributed by atoms with Gasteiger partial charge in [0.2, 0.25) is 0 Å². The van der Waals surface area contributed by atoms with Crippen LogP contribution in [0, 0.1) is 0 Å². The Morgan fingerprint density at radius 2 is 1.89 bits per heavy atom. The minimum Gasteiger partial charge on any atom is -0.387 e. The number of nitrogens with zero attached hydrogens (tertiary/aromatic N) is 1. The smallest absolute Gasteiger partial charge is 0.0920 e. The van der Waals surface area contributed by atoms with E-state index in [-0.39, 0.29) is 18.5 Å². The van der Waals surface area contributed by atoms with E-state index in [0.29, 0.717) is 6.04 Å². The molecule has 0 radical (unpaired) electrons. The van der Waals surface area contributed by atoms with Gasteiger partial charge in [-0.05, 0) is 37.1 Å². The summed E-state index contributed by atoms with van der Waals surface area (Å²) in [6, 6.07) is 8.92. The highest BCUT2D eigenvalue weighted by Crippen LogP contribution is 2.29. The number of benzene rings is 1. The maximum Gasteiger partial charge on any atom is 0.0920 e. The number of hydrogen-bond donors (Lipinski definition) is 2. The van der Waals surface area contributed by atoms with E-state index in [1.54, 1.807) is 0 Å². The third kappa shape index (κ3) is 2.69. The van der Waals surface area contributed by atoms with Gasteiger partial charge in [0.1, 0.15) is 0 Å². The number of rotatable bonds is 1. The van der Waals surface area contributed by atoms with Crippen LogP contribution >= 0.6 is 12.4 Å². The SMILES string of the molecule is Cl.OC1CN(C2CCNCC2)Cc2ccccc21. The van der Waals surface area contributed by atoms with Crippen LogP contribution in [-0.4, -0.2) is 35.7 Å². The summed E-state index contributed by atoms with van der Waals surface area (Å²) < 4.78 is 0. The van der Waals surface area contributed by atoms with E-state index in [9.17, 15) is 5.11 Å². The molecule has 2 aliphatic heterocycles. The second kappa shape index (κ2) is 6.02. The molecule has 0 saturated carbocycles. The summed E-state index contributed by atoms with van der Waals surface area (Å²) in [6.45, 7) is 4.01. The molecule has 0 spiro atoms. The summed E-state index contributed by atoms with van der Waals surface area (Å²) >= 11 is 0. The lowest BCUT2D eigenvalue weighted by Gasteiger charge is -2.39. The van der Waals surface area contributed by atoms with E-state index >= 15 is 0 Å². The van der Waals surface area contributed by atoms with Crippen LogP contribution in [0.15, 0.2) is 24.3 Å². The third-order valence-corrected chi connectivity index (χ3v) is 4.02. The Bertz CT molecular complexity index is 393. The van der Waals surface area contributed by atoms with E-state index in [0.717, 1.165) is 31.7 Å². The predicted molar refractivity (Wildman–Crippen MR) is 75.0 cm³/mol. The summed E-state index contributed by atoms with van der Waals surface area (Å²) in [7, 11) is 0. The number of fused-ring (bicyclic) bond motifs is 1. The van der Waals surface area contributed by atoms with Crippen molar-refractivity contribution in [3.05, 3.63) is 35.4 Å². The molecule has 2 aliphatic rings. The molecule has 0 aromatic heterocycles. The van der Waals surface area contributed by atoms with E-state index in [2.05, 4.69) is 28.4 Å². The first kappa shape index (κ1) is 13.8. The van der Waals surface area contributed by atoms with Gasteiger partial charge >= 0.3 is 0 Å². The lowest BCUT2D eigenvalue weighted by atomic mass is 9.94. The molecule has 1 atom stereocenters. The first-order chi connectivity index (χ1) is 8.34. The molecule has 18 heavy (non-hydrogen) atoms. The fraction of sp³-hybridized carbons (Fsp3) is 0.571. The molecule has 3 rings (SSSR count). The van der Waals surface area contributed by atoms with Crippen LogP contribution in [-0.2, 0) is 6.54 Å². The highest BCUT2D eigenvalue weighted by atomic mass is 35.5. The Kier molecular flexibility index (Phi) is 4.62. The Morgan fingerprint density at radius 1 is 1.17 bits per heavy atom. The molecule has 1 saturated heterocycles. The van der Waals surface area contributed by atoms with Crippen molar-refractivity contribution in [3.8, 4) is 0 Å². The molecule has 0 bridgehead atoms. The number of β-amino-alcohol motifs (C(OH)–C–C–N with tert-alkyl or cyclic N) is 1. The number of aliphatic hydroxyl groups is 1. The van der Waals surface area contributed by atoms with Gasteiger partial charge in [-0.3, -0.25) is 4.90 Å². The van der Waals surface area contributed by atoms with Crippen LogP contribution in [0.4, 0.5) is 0 Å². The maximum absolute atomic E-state index is 10.2. The zero-order valence-electron chi connectivity index (χ0n) is 10.5. The van der Waals surface area contributed by atoms with Crippen molar-refractivity contribution in [2.45, 2.75) is 31.5 Å². The van der Waals surface area contributed by atoms with E-state index < -0.39 is 0 Å². The van der Waals surface area contributed by atoms with Gasteiger partial charge in [-0.1, -0.05) is 24.3 Å². The summed E-state index contributed by atoms with van der Waals surface area (Å²) in [6.07, 6.45) is 2.10. The van der Waals surface area contributed by atoms with Gasteiger partial charge in [0, 0.05) is 19.1 Å². The number of piperidine rings is 1. The standard InChI is InChI=1S/C14H20N2O.ClH/c17-14-10-16(12-5-7-15-8-6-12)9-11-3-1-2-4-13(11)14;/h1-4,12,14-15,17H,5-10H2;1H. The number of aliphatic hydroxyl groups excluding tert-OH is 1. The fourth-order valence-electron chi connectivity index (χ4n) is 3.06. The van der Waals surface area contributed by atoms with Gasteiger partial charge in [0.15, 0.2) is 0 Å². The first-order valence-corrected chi connectivity index (χ1v) is 6.55. The summed E-state index contributed by atoms with van der Waals surface area (Å²) in [4.78, 5) is 2.45. The van der Waals surface area contributed by atoms with Gasteiger partial charge in [0.25, 0.3) is 0 Å². The average molecular weight is 269 g/mol. The second-order valence-corrected chi connectivity index (χ2v) is 5.13. The van der Waals surface area contributed by atoms with Crippen molar-refractivity contribution in [1.82, 2.24) is 10.2 Å². The molecule has 3 nitrogen and oxygen atoms in total. The Balaban J connectivity index is 0.00000120. The highest BCUT2D eigenvalue weighted by Gasteiger charge is 2.28. The van der Waals surface area contributed by atoms with Crippen LogP contribution in [0.3, 0.4) is 0 Å².